The van der Waals surface area contributed by atoms with Gasteiger partial charge in [-0.15, -0.1) is 0 Å². The molecule has 0 unspecified atom stereocenters. The molecule has 9 nitrogen and oxygen atoms in total. The summed E-state index contributed by atoms with van der Waals surface area (Å²) in [6, 6.07) is 13.5. The number of furan rings is 1. The Hall–Kier alpha value is -3.85. The zero-order valence-corrected chi connectivity index (χ0v) is 18.2. The average molecular weight is 448 g/mol. The third-order valence-corrected chi connectivity index (χ3v) is 5.92. The van der Waals surface area contributed by atoms with Crippen LogP contribution in [0.15, 0.2) is 57.9 Å². The Morgan fingerprint density at radius 2 is 1.91 bits per heavy atom. The van der Waals surface area contributed by atoms with Gasteiger partial charge in [-0.3, -0.25) is 14.2 Å². The highest BCUT2D eigenvalue weighted by molar-refractivity contribution is 6.05. The van der Waals surface area contributed by atoms with Gasteiger partial charge >= 0.3 is 5.97 Å². The quantitative estimate of drug-likeness (QED) is 0.463. The van der Waals surface area contributed by atoms with Crippen LogP contribution in [0.25, 0.3) is 21.9 Å². The lowest BCUT2D eigenvalue weighted by molar-refractivity contribution is -0.137. The summed E-state index contributed by atoms with van der Waals surface area (Å²) in [4.78, 5) is 30.9. The van der Waals surface area contributed by atoms with Crippen LogP contribution < -0.4 is 15.8 Å². The van der Waals surface area contributed by atoms with Crippen LogP contribution in [0.5, 0.6) is 0 Å². The minimum atomic E-state index is -1.09. The van der Waals surface area contributed by atoms with E-state index in [1.807, 2.05) is 54.3 Å². The summed E-state index contributed by atoms with van der Waals surface area (Å²) in [5.41, 5.74) is 2.10. The lowest BCUT2D eigenvalue weighted by Gasteiger charge is -2.30. The lowest BCUT2D eigenvalue weighted by atomic mass is 10.0. The molecule has 4 aromatic rings. The number of carboxylic acid groups (broad SMARTS) is 1. The van der Waals surface area contributed by atoms with Gasteiger partial charge in [-0.05, 0) is 30.7 Å². The van der Waals surface area contributed by atoms with Crippen LogP contribution in [0.3, 0.4) is 0 Å². The zero-order valence-electron chi connectivity index (χ0n) is 18.2. The molecule has 3 heterocycles. The van der Waals surface area contributed by atoms with E-state index in [1.54, 1.807) is 6.20 Å². The first-order valence-corrected chi connectivity index (χ1v) is 10.8. The van der Waals surface area contributed by atoms with Crippen molar-refractivity contribution < 1.29 is 19.1 Å². The fourth-order valence-electron chi connectivity index (χ4n) is 4.21. The van der Waals surface area contributed by atoms with Crippen molar-refractivity contribution in [1.29, 1.82) is 0 Å². The number of morpholine rings is 1. The highest BCUT2D eigenvalue weighted by atomic mass is 16.5. The van der Waals surface area contributed by atoms with Crippen molar-refractivity contribution in [2.45, 2.75) is 19.5 Å². The van der Waals surface area contributed by atoms with E-state index in [-0.39, 0.29) is 11.9 Å². The second-order valence-corrected chi connectivity index (χ2v) is 8.07. The third-order valence-electron chi connectivity index (χ3n) is 5.92. The number of carbonyl (C=O) groups is 1. The second-order valence-electron chi connectivity index (χ2n) is 8.07. The molecule has 0 bridgehead atoms. The van der Waals surface area contributed by atoms with Gasteiger partial charge in [0.05, 0.1) is 25.5 Å². The maximum Gasteiger partial charge on any atom is 0.323 e. The number of hydrogen-bond donors (Lipinski definition) is 2. The van der Waals surface area contributed by atoms with Crippen molar-refractivity contribution in [2.75, 3.05) is 36.5 Å². The smallest absolute Gasteiger partial charge is 0.323 e. The molecule has 5 rings (SSSR count). The molecule has 0 radical (unpaired) electrons. The molecule has 1 aliphatic heterocycles. The van der Waals surface area contributed by atoms with Crippen LogP contribution in [0, 0.1) is 0 Å². The van der Waals surface area contributed by atoms with Crippen LogP contribution in [-0.4, -0.2) is 46.9 Å². The summed E-state index contributed by atoms with van der Waals surface area (Å²) in [6.07, 6.45) is 1.55. The van der Waals surface area contributed by atoms with E-state index in [0.29, 0.717) is 32.1 Å². The molecule has 1 saturated heterocycles. The lowest BCUT2D eigenvalue weighted by Crippen LogP contribution is -2.41. The van der Waals surface area contributed by atoms with Crippen molar-refractivity contribution in [3.05, 3.63) is 64.6 Å². The van der Waals surface area contributed by atoms with Crippen molar-refractivity contribution in [3.63, 3.8) is 0 Å². The van der Waals surface area contributed by atoms with Gasteiger partial charge in [-0.25, -0.2) is 4.98 Å². The molecule has 170 valence electrons. The SMILES string of the molecule is C[C@@H](Nc1ncc(N2CCOCC2)n(CC(=O)O)c1=O)c1ccc2oc3ccccc3c2c1. The monoisotopic (exact) mass is 448 g/mol. The molecule has 0 spiro atoms. The predicted molar refractivity (Wildman–Crippen MR) is 125 cm³/mol. The number of para-hydroxylation sites is 1. The Morgan fingerprint density at radius 1 is 1.15 bits per heavy atom. The number of ether oxygens (including phenoxy) is 1. The number of carboxylic acids is 1. The molecule has 1 fully saturated rings. The van der Waals surface area contributed by atoms with Gasteiger partial charge in [-0.2, -0.15) is 0 Å². The maximum absolute atomic E-state index is 13.2. The van der Waals surface area contributed by atoms with Gasteiger partial charge in [0.15, 0.2) is 5.82 Å². The van der Waals surface area contributed by atoms with Gasteiger partial charge in [-0.1, -0.05) is 24.3 Å². The largest absolute Gasteiger partial charge is 0.480 e. The number of aliphatic carboxylic acids is 1. The number of nitrogens with one attached hydrogen (secondary N) is 1. The number of nitrogens with zero attached hydrogens (tertiary/aromatic N) is 3. The highest BCUT2D eigenvalue weighted by Crippen LogP contribution is 2.31. The zero-order chi connectivity index (χ0) is 22.9. The molecule has 1 atom stereocenters. The minimum Gasteiger partial charge on any atom is -0.480 e. The third kappa shape index (κ3) is 4.03. The van der Waals surface area contributed by atoms with Crippen LogP contribution in [-0.2, 0) is 16.1 Å². The van der Waals surface area contributed by atoms with Gasteiger partial charge in [0.2, 0.25) is 0 Å². The Bertz CT molecular complexity index is 1390. The molecule has 1 aliphatic rings. The molecule has 2 aromatic heterocycles. The van der Waals surface area contributed by atoms with Gasteiger partial charge in [0.25, 0.3) is 5.56 Å². The molecule has 2 aromatic carbocycles. The van der Waals surface area contributed by atoms with E-state index in [9.17, 15) is 14.7 Å². The molecule has 0 aliphatic carbocycles. The summed E-state index contributed by atoms with van der Waals surface area (Å²) in [7, 11) is 0. The highest BCUT2D eigenvalue weighted by Gasteiger charge is 2.21. The van der Waals surface area contributed by atoms with Crippen LogP contribution in [0.1, 0.15) is 18.5 Å². The van der Waals surface area contributed by atoms with Crippen molar-refractivity contribution in [1.82, 2.24) is 9.55 Å². The summed E-state index contributed by atoms with van der Waals surface area (Å²) >= 11 is 0. The number of anilines is 2. The number of fused-ring (bicyclic) bond motifs is 3. The summed E-state index contributed by atoms with van der Waals surface area (Å²) in [5, 5.41) is 14.6. The van der Waals surface area contributed by atoms with Crippen molar-refractivity contribution in [2.24, 2.45) is 0 Å². The number of aromatic nitrogens is 2. The van der Waals surface area contributed by atoms with E-state index in [4.69, 9.17) is 9.15 Å². The molecule has 33 heavy (non-hydrogen) atoms. The standard InChI is InChI=1S/C24H24N4O5/c1-15(16-6-7-20-18(12-16)17-4-2-3-5-19(17)33-20)26-23-24(31)28(14-22(29)30)21(13-25-23)27-8-10-32-11-9-27/h2-7,12-13,15H,8-11,14H2,1H3,(H,25,26)(H,29,30)/t15-/m1/s1. The van der Waals surface area contributed by atoms with E-state index in [1.165, 1.54) is 4.57 Å². The van der Waals surface area contributed by atoms with E-state index < -0.39 is 18.1 Å². The van der Waals surface area contributed by atoms with Crippen molar-refractivity contribution >= 4 is 39.5 Å². The van der Waals surface area contributed by atoms with E-state index in [2.05, 4.69) is 10.3 Å². The Balaban J connectivity index is 1.47. The fourth-order valence-corrected chi connectivity index (χ4v) is 4.21. The fraction of sp³-hybridized carbons (Fsp3) is 0.292. The molecule has 0 amide bonds. The van der Waals surface area contributed by atoms with Crippen molar-refractivity contribution in [3.8, 4) is 0 Å². The molecular weight excluding hydrogens is 424 g/mol. The summed E-state index contributed by atoms with van der Waals surface area (Å²) < 4.78 is 12.5. The first-order valence-electron chi connectivity index (χ1n) is 10.8. The summed E-state index contributed by atoms with van der Waals surface area (Å²) in [5.74, 6) is -0.498. The predicted octanol–water partition coefficient (Wildman–Crippen LogP) is 3.24. The van der Waals surface area contributed by atoms with E-state index in [0.717, 1.165) is 27.5 Å². The Morgan fingerprint density at radius 3 is 2.70 bits per heavy atom. The maximum atomic E-state index is 13.2. The first kappa shape index (κ1) is 21.0. The number of hydrogen-bond acceptors (Lipinski definition) is 7. The number of benzene rings is 2. The molecular formula is C24H24N4O5. The Kier molecular flexibility index (Phi) is 5.47. The first-order chi connectivity index (χ1) is 16.0. The van der Waals surface area contributed by atoms with Crippen LogP contribution >= 0.6 is 0 Å². The van der Waals surface area contributed by atoms with Gasteiger partial charge in [0.1, 0.15) is 23.5 Å². The molecule has 0 saturated carbocycles. The Labute approximate surface area is 189 Å². The molecule has 9 heteroatoms. The minimum absolute atomic E-state index is 0.109. The van der Waals surface area contributed by atoms with E-state index >= 15 is 0 Å². The average Bonchev–Trinajstić information content (AvgIpc) is 3.20. The van der Waals surface area contributed by atoms with Gasteiger partial charge < -0.3 is 24.5 Å². The van der Waals surface area contributed by atoms with Gasteiger partial charge in [0, 0.05) is 23.9 Å². The topological polar surface area (TPSA) is 110 Å². The van der Waals surface area contributed by atoms with Crippen LogP contribution in [0.4, 0.5) is 11.6 Å². The van der Waals surface area contributed by atoms with Crippen LogP contribution in [0.2, 0.25) is 0 Å². The molecule has 2 N–H and O–H groups in total. The second kappa shape index (κ2) is 8.59. The normalized spacial score (nSPS) is 15.1. The summed E-state index contributed by atoms with van der Waals surface area (Å²) in [6.45, 7) is 3.67. The number of rotatable bonds is 6.